The molecule has 0 saturated carbocycles. The van der Waals surface area contributed by atoms with Crippen LogP contribution in [0.25, 0.3) is 0 Å². The number of nitrogens with two attached hydrogens (primary N) is 1. The summed E-state index contributed by atoms with van der Waals surface area (Å²) >= 11 is 1.67. The molecular weight excluding hydrogens is 214 g/mol. The normalized spacial score (nSPS) is 16.3. The van der Waals surface area contributed by atoms with E-state index in [4.69, 9.17) is 15.2 Å². The van der Waals surface area contributed by atoms with Crippen LogP contribution in [0.4, 0.5) is 5.82 Å². The van der Waals surface area contributed by atoms with Crippen molar-refractivity contribution in [3.8, 4) is 0 Å². The van der Waals surface area contributed by atoms with Gasteiger partial charge in [-0.2, -0.15) is 0 Å². The monoisotopic (exact) mass is 227 g/mol. The molecule has 2 heterocycles. The summed E-state index contributed by atoms with van der Waals surface area (Å²) in [5.74, 6) is 1.11. The van der Waals surface area contributed by atoms with Crippen LogP contribution in [-0.4, -0.2) is 35.5 Å². The van der Waals surface area contributed by atoms with E-state index in [1.165, 1.54) is 0 Å². The van der Waals surface area contributed by atoms with Crippen molar-refractivity contribution in [2.24, 2.45) is 0 Å². The number of methoxy groups -OCH3 is 1. The fraction of sp³-hybridized carbons (Fsp3) is 0.556. The van der Waals surface area contributed by atoms with Crippen LogP contribution in [0, 0.1) is 0 Å². The van der Waals surface area contributed by atoms with Gasteiger partial charge < -0.3 is 15.2 Å². The van der Waals surface area contributed by atoms with Gasteiger partial charge in [0.25, 0.3) is 0 Å². The highest BCUT2D eigenvalue weighted by atomic mass is 32.2. The molecule has 82 valence electrons. The average molecular weight is 227 g/mol. The van der Waals surface area contributed by atoms with E-state index in [-0.39, 0.29) is 0 Å². The zero-order chi connectivity index (χ0) is 10.7. The van der Waals surface area contributed by atoms with Crippen LogP contribution in [0.5, 0.6) is 0 Å². The molecule has 1 aromatic heterocycles. The van der Waals surface area contributed by atoms with Gasteiger partial charge in [-0.25, -0.2) is 9.97 Å². The lowest BCUT2D eigenvalue weighted by molar-refractivity contribution is 0.0454. The Balaban J connectivity index is 2.07. The summed E-state index contributed by atoms with van der Waals surface area (Å²) in [6.45, 7) is 1.96. The van der Waals surface area contributed by atoms with Crippen molar-refractivity contribution in [3.05, 3.63) is 11.9 Å². The van der Waals surface area contributed by atoms with E-state index in [1.54, 1.807) is 24.9 Å². The fourth-order valence-electron chi connectivity index (χ4n) is 1.20. The van der Waals surface area contributed by atoms with Gasteiger partial charge in [0.2, 0.25) is 0 Å². The summed E-state index contributed by atoms with van der Waals surface area (Å²) in [6.07, 6.45) is 0. The Kier molecular flexibility index (Phi) is 3.40. The molecule has 0 atom stereocenters. The molecule has 2 rings (SSSR count). The average Bonchev–Trinajstić information content (AvgIpc) is 2.11. The van der Waals surface area contributed by atoms with E-state index >= 15 is 0 Å². The third kappa shape index (κ3) is 2.80. The molecule has 2 N–H and O–H groups in total. The topological polar surface area (TPSA) is 70.3 Å². The minimum atomic E-state index is 0.389. The number of hydrogen-bond acceptors (Lipinski definition) is 6. The second kappa shape index (κ2) is 4.78. The Morgan fingerprint density at radius 1 is 1.60 bits per heavy atom. The molecule has 5 nitrogen and oxygen atoms in total. The number of rotatable bonds is 4. The Morgan fingerprint density at radius 2 is 2.40 bits per heavy atom. The summed E-state index contributed by atoms with van der Waals surface area (Å²) in [6, 6.07) is 1.78. The number of ether oxygens (including phenoxy) is 2. The van der Waals surface area contributed by atoms with Gasteiger partial charge in [0.1, 0.15) is 17.5 Å². The minimum Gasteiger partial charge on any atom is -0.384 e. The lowest BCUT2D eigenvalue weighted by Crippen LogP contribution is -2.30. The molecule has 1 fully saturated rings. The Hall–Kier alpha value is -0.850. The fourth-order valence-corrected chi connectivity index (χ4v) is 2.22. The van der Waals surface area contributed by atoms with Crippen molar-refractivity contribution in [2.75, 3.05) is 26.1 Å². The van der Waals surface area contributed by atoms with Crippen molar-refractivity contribution in [1.82, 2.24) is 9.97 Å². The molecular formula is C9H13N3O2S. The SMILES string of the molecule is COCc1nc(N)cc(SC2COC2)n1. The Bertz CT molecular complexity index is 344. The van der Waals surface area contributed by atoms with E-state index in [0.29, 0.717) is 23.5 Å². The standard InChI is InChI=1S/C9H13N3O2S/c1-13-5-8-11-7(10)2-9(12-8)15-6-3-14-4-6/h2,6H,3-5H2,1H3,(H2,10,11,12). The zero-order valence-electron chi connectivity index (χ0n) is 8.47. The molecule has 0 amide bonds. The van der Waals surface area contributed by atoms with Gasteiger partial charge in [0.05, 0.1) is 18.5 Å². The number of aromatic nitrogens is 2. The number of hydrogen-bond donors (Lipinski definition) is 1. The first-order chi connectivity index (χ1) is 7.28. The second-order valence-corrected chi connectivity index (χ2v) is 4.58. The first kappa shape index (κ1) is 10.7. The third-order valence-corrected chi connectivity index (χ3v) is 2.99. The second-order valence-electron chi connectivity index (χ2n) is 3.26. The molecule has 1 aromatic rings. The summed E-state index contributed by atoms with van der Waals surface area (Å²) in [5.41, 5.74) is 5.67. The number of anilines is 1. The molecule has 0 bridgehead atoms. The lowest BCUT2D eigenvalue weighted by atomic mass is 10.4. The first-order valence-corrected chi connectivity index (χ1v) is 5.52. The lowest BCUT2D eigenvalue weighted by Gasteiger charge is -2.24. The molecule has 0 unspecified atom stereocenters. The number of nitrogen functional groups attached to an aromatic ring is 1. The van der Waals surface area contributed by atoms with Crippen molar-refractivity contribution in [1.29, 1.82) is 0 Å². The van der Waals surface area contributed by atoms with Crippen molar-refractivity contribution >= 4 is 17.6 Å². The maximum Gasteiger partial charge on any atom is 0.157 e. The summed E-state index contributed by atoms with van der Waals surface area (Å²) in [5, 5.41) is 1.39. The highest BCUT2D eigenvalue weighted by molar-refractivity contribution is 8.00. The van der Waals surface area contributed by atoms with Crippen molar-refractivity contribution < 1.29 is 9.47 Å². The van der Waals surface area contributed by atoms with Gasteiger partial charge in [-0.05, 0) is 0 Å². The van der Waals surface area contributed by atoms with E-state index in [2.05, 4.69) is 9.97 Å². The van der Waals surface area contributed by atoms with Crippen molar-refractivity contribution in [2.45, 2.75) is 16.9 Å². The van der Waals surface area contributed by atoms with Crippen LogP contribution in [0.2, 0.25) is 0 Å². The van der Waals surface area contributed by atoms with Crippen molar-refractivity contribution in [3.63, 3.8) is 0 Å². The quantitative estimate of drug-likeness (QED) is 0.763. The first-order valence-electron chi connectivity index (χ1n) is 4.64. The summed E-state index contributed by atoms with van der Waals surface area (Å²) in [7, 11) is 1.61. The van der Waals surface area contributed by atoms with Crippen LogP contribution in [0.3, 0.4) is 0 Å². The number of thioether (sulfide) groups is 1. The third-order valence-electron chi connectivity index (χ3n) is 1.94. The van der Waals surface area contributed by atoms with Gasteiger partial charge in [0, 0.05) is 13.2 Å². The maximum atomic E-state index is 5.67. The van der Waals surface area contributed by atoms with E-state index in [9.17, 15) is 0 Å². The predicted molar refractivity (Wildman–Crippen MR) is 57.6 cm³/mol. The molecule has 6 heteroatoms. The molecule has 15 heavy (non-hydrogen) atoms. The molecule has 1 saturated heterocycles. The van der Waals surface area contributed by atoms with E-state index in [0.717, 1.165) is 18.2 Å². The summed E-state index contributed by atoms with van der Waals surface area (Å²) in [4.78, 5) is 8.41. The smallest absolute Gasteiger partial charge is 0.157 e. The highest BCUT2D eigenvalue weighted by Crippen LogP contribution is 2.27. The van der Waals surface area contributed by atoms with Crippen LogP contribution in [-0.2, 0) is 16.1 Å². The van der Waals surface area contributed by atoms with Crippen LogP contribution in [0.15, 0.2) is 11.1 Å². The molecule has 0 aliphatic carbocycles. The van der Waals surface area contributed by atoms with E-state index < -0.39 is 0 Å². The molecule has 0 aromatic carbocycles. The van der Waals surface area contributed by atoms with Gasteiger partial charge in [-0.15, -0.1) is 0 Å². The van der Waals surface area contributed by atoms with E-state index in [1.807, 2.05) is 0 Å². The predicted octanol–water partition coefficient (Wildman–Crippen LogP) is 0.696. The van der Waals surface area contributed by atoms with Gasteiger partial charge >= 0.3 is 0 Å². The minimum absolute atomic E-state index is 0.389. The van der Waals surface area contributed by atoms with Gasteiger partial charge in [0.15, 0.2) is 5.82 Å². The summed E-state index contributed by atoms with van der Waals surface area (Å²) < 4.78 is 10.1. The van der Waals surface area contributed by atoms with Gasteiger partial charge in [-0.3, -0.25) is 0 Å². The zero-order valence-corrected chi connectivity index (χ0v) is 9.29. The Labute approximate surface area is 92.4 Å². The maximum absolute atomic E-state index is 5.67. The molecule has 0 radical (unpaired) electrons. The number of nitrogens with zero attached hydrogens (tertiary/aromatic N) is 2. The largest absolute Gasteiger partial charge is 0.384 e. The Morgan fingerprint density at radius 3 is 3.00 bits per heavy atom. The van der Waals surface area contributed by atoms with Gasteiger partial charge in [-0.1, -0.05) is 11.8 Å². The molecule has 1 aliphatic rings. The van der Waals surface area contributed by atoms with Crippen LogP contribution in [0.1, 0.15) is 5.82 Å². The molecule has 1 aliphatic heterocycles. The highest BCUT2D eigenvalue weighted by Gasteiger charge is 2.20. The van der Waals surface area contributed by atoms with Crippen LogP contribution < -0.4 is 5.73 Å². The molecule has 0 spiro atoms. The van der Waals surface area contributed by atoms with Crippen LogP contribution >= 0.6 is 11.8 Å².